The van der Waals surface area contributed by atoms with Crippen molar-refractivity contribution in [3.05, 3.63) is 78.4 Å². The summed E-state index contributed by atoms with van der Waals surface area (Å²) in [5.41, 5.74) is 1.57. The normalized spacial score (nSPS) is 14.4. The molecule has 1 amide bonds. The fourth-order valence-corrected chi connectivity index (χ4v) is 5.08. The molecule has 0 spiro atoms. The molecule has 0 bridgehead atoms. The van der Waals surface area contributed by atoms with Gasteiger partial charge in [-0.1, -0.05) is 54.6 Å². The number of fused-ring (bicyclic) bond motifs is 1. The molecule has 0 saturated carbocycles. The second-order valence-corrected chi connectivity index (χ2v) is 9.35. The molecule has 34 heavy (non-hydrogen) atoms. The van der Waals surface area contributed by atoms with E-state index in [1.807, 2.05) is 47.0 Å². The van der Waals surface area contributed by atoms with Gasteiger partial charge in [0.2, 0.25) is 5.91 Å². The molecular weight excluding hydrogens is 449 g/mol. The van der Waals surface area contributed by atoms with Gasteiger partial charge in [-0.15, -0.1) is 10.2 Å². The molecule has 4 aromatic rings. The predicted octanol–water partition coefficient (Wildman–Crippen LogP) is 5.28. The Kier molecular flexibility index (Phi) is 6.87. The number of aromatic nitrogens is 3. The van der Waals surface area contributed by atoms with Crippen molar-refractivity contribution in [2.24, 2.45) is 0 Å². The Bertz CT molecular complexity index is 1280. The first kappa shape index (κ1) is 22.6. The van der Waals surface area contributed by atoms with Gasteiger partial charge in [0.25, 0.3) is 0 Å². The molecule has 1 aromatic heterocycles. The van der Waals surface area contributed by atoms with E-state index in [0.717, 1.165) is 41.1 Å². The number of amides is 1. The maximum absolute atomic E-state index is 13.6. The van der Waals surface area contributed by atoms with Crippen molar-refractivity contribution >= 4 is 34.1 Å². The van der Waals surface area contributed by atoms with Gasteiger partial charge in [0, 0.05) is 16.8 Å². The van der Waals surface area contributed by atoms with Gasteiger partial charge in [0.1, 0.15) is 5.82 Å². The number of halogens is 1. The van der Waals surface area contributed by atoms with Crippen molar-refractivity contribution < 1.29 is 9.18 Å². The molecule has 2 heterocycles. The van der Waals surface area contributed by atoms with E-state index in [4.69, 9.17) is 0 Å². The molecule has 0 unspecified atom stereocenters. The van der Waals surface area contributed by atoms with Gasteiger partial charge in [0.05, 0.1) is 12.3 Å². The largest absolute Gasteiger partial charge is 0.325 e. The van der Waals surface area contributed by atoms with E-state index in [-0.39, 0.29) is 17.5 Å². The van der Waals surface area contributed by atoms with Gasteiger partial charge in [-0.3, -0.25) is 14.3 Å². The zero-order valence-corrected chi connectivity index (χ0v) is 19.6. The SMILES string of the molecule is O=C(CSc1nnc(CN2CCCCC2)n1-c1ccc(F)cc1)Nc1cccc2ccccc12. The van der Waals surface area contributed by atoms with Gasteiger partial charge in [-0.25, -0.2) is 4.39 Å². The molecular formula is C26H26FN5OS. The summed E-state index contributed by atoms with van der Waals surface area (Å²) in [5.74, 6) is 0.572. The summed E-state index contributed by atoms with van der Waals surface area (Å²) >= 11 is 1.33. The third-order valence-electron chi connectivity index (χ3n) is 6.00. The van der Waals surface area contributed by atoms with Crippen LogP contribution in [-0.4, -0.2) is 44.4 Å². The number of anilines is 1. The van der Waals surface area contributed by atoms with Crippen LogP contribution in [0.15, 0.2) is 71.9 Å². The number of rotatable bonds is 7. The number of nitrogens with zero attached hydrogens (tertiary/aromatic N) is 4. The predicted molar refractivity (Wildman–Crippen MR) is 134 cm³/mol. The number of piperidine rings is 1. The molecule has 1 aliphatic heterocycles. The van der Waals surface area contributed by atoms with Crippen molar-refractivity contribution in [3.63, 3.8) is 0 Å². The Balaban J connectivity index is 1.34. The molecule has 0 radical (unpaired) electrons. The second kappa shape index (κ2) is 10.4. The Labute approximate surface area is 202 Å². The number of carbonyl (C=O) groups excluding carboxylic acids is 1. The molecule has 174 valence electrons. The monoisotopic (exact) mass is 475 g/mol. The fourth-order valence-electron chi connectivity index (χ4n) is 4.31. The van der Waals surface area contributed by atoms with Crippen molar-refractivity contribution in [3.8, 4) is 5.69 Å². The van der Waals surface area contributed by atoms with E-state index in [1.165, 1.54) is 43.2 Å². The third kappa shape index (κ3) is 5.13. The number of benzene rings is 3. The highest BCUT2D eigenvalue weighted by atomic mass is 32.2. The van der Waals surface area contributed by atoms with Crippen molar-refractivity contribution in [2.75, 3.05) is 24.2 Å². The Morgan fingerprint density at radius 2 is 1.71 bits per heavy atom. The summed E-state index contributed by atoms with van der Waals surface area (Å²) in [6.07, 6.45) is 3.62. The minimum absolute atomic E-state index is 0.118. The lowest BCUT2D eigenvalue weighted by Gasteiger charge is -2.26. The number of likely N-dealkylation sites (tertiary alicyclic amines) is 1. The van der Waals surface area contributed by atoms with Gasteiger partial charge < -0.3 is 5.32 Å². The lowest BCUT2D eigenvalue weighted by atomic mass is 10.1. The summed E-state index contributed by atoms with van der Waals surface area (Å²) in [5, 5.41) is 14.5. The average Bonchev–Trinajstić information content (AvgIpc) is 3.26. The van der Waals surface area contributed by atoms with Gasteiger partial charge in [-0.2, -0.15) is 0 Å². The smallest absolute Gasteiger partial charge is 0.234 e. The van der Waals surface area contributed by atoms with Gasteiger partial charge >= 0.3 is 0 Å². The Morgan fingerprint density at radius 1 is 0.941 bits per heavy atom. The molecule has 1 N–H and O–H groups in total. The van der Waals surface area contributed by atoms with Crippen LogP contribution in [0.1, 0.15) is 25.1 Å². The first-order chi connectivity index (χ1) is 16.7. The van der Waals surface area contributed by atoms with Crippen LogP contribution in [0, 0.1) is 5.82 Å². The first-order valence-corrected chi connectivity index (χ1v) is 12.5. The van der Waals surface area contributed by atoms with Crippen LogP contribution in [0.5, 0.6) is 0 Å². The van der Waals surface area contributed by atoms with E-state index < -0.39 is 0 Å². The average molecular weight is 476 g/mol. The van der Waals surface area contributed by atoms with Crippen molar-refractivity contribution in [1.82, 2.24) is 19.7 Å². The molecule has 0 aliphatic carbocycles. The van der Waals surface area contributed by atoms with Crippen LogP contribution >= 0.6 is 11.8 Å². The highest BCUT2D eigenvalue weighted by Gasteiger charge is 2.20. The lowest BCUT2D eigenvalue weighted by Crippen LogP contribution is -2.30. The zero-order valence-electron chi connectivity index (χ0n) is 18.8. The Morgan fingerprint density at radius 3 is 2.53 bits per heavy atom. The number of hydrogen-bond acceptors (Lipinski definition) is 5. The first-order valence-electron chi connectivity index (χ1n) is 11.5. The maximum atomic E-state index is 13.6. The third-order valence-corrected chi connectivity index (χ3v) is 6.92. The van der Waals surface area contributed by atoms with E-state index >= 15 is 0 Å². The van der Waals surface area contributed by atoms with Crippen LogP contribution < -0.4 is 5.32 Å². The van der Waals surface area contributed by atoms with Crippen molar-refractivity contribution in [2.45, 2.75) is 31.0 Å². The van der Waals surface area contributed by atoms with E-state index in [2.05, 4.69) is 20.4 Å². The van der Waals surface area contributed by atoms with Crippen molar-refractivity contribution in [1.29, 1.82) is 0 Å². The van der Waals surface area contributed by atoms with Crippen LogP contribution in [0.2, 0.25) is 0 Å². The lowest BCUT2D eigenvalue weighted by molar-refractivity contribution is -0.113. The minimum atomic E-state index is -0.293. The standard InChI is InChI=1S/C26H26FN5OS/c27-20-11-13-21(14-12-20)32-24(17-31-15-4-1-5-16-31)29-30-26(32)34-18-25(33)28-23-10-6-8-19-7-2-3-9-22(19)23/h2-3,6-14H,1,4-5,15-18H2,(H,28,33). The fraction of sp³-hybridized carbons (Fsp3) is 0.269. The number of carbonyl (C=O) groups is 1. The molecule has 1 fully saturated rings. The molecule has 3 aromatic carbocycles. The molecule has 6 nitrogen and oxygen atoms in total. The zero-order chi connectivity index (χ0) is 23.3. The molecule has 5 rings (SSSR count). The highest BCUT2D eigenvalue weighted by molar-refractivity contribution is 7.99. The van der Waals surface area contributed by atoms with Crippen LogP contribution in [0.3, 0.4) is 0 Å². The van der Waals surface area contributed by atoms with E-state index in [0.29, 0.717) is 11.7 Å². The summed E-state index contributed by atoms with van der Waals surface area (Å²) in [7, 11) is 0. The summed E-state index contributed by atoms with van der Waals surface area (Å²) in [6, 6.07) is 20.1. The van der Waals surface area contributed by atoms with Crippen LogP contribution in [0.4, 0.5) is 10.1 Å². The maximum Gasteiger partial charge on any atom is 0.234 e. The number of hydrogen-bond donors (Lipinski definition) is 1. The minimum Gasteiger partial charge on any atom is -0.325 e. The summed E-state index contributed by atoms with van der Waals surface area (Å²) < 4.78 is 15.5. The van der Waals surface area contributed by atoms with Crippen LogP contribution in [0.25, 0.3) is 16.5 Å². The van der Waals surface area contributed by atoms with Gasteiger partial charge in [-0.05, 0) is 61.6 Å². The second-order valence-electron chi connectivity index (χ2n) is 8.41. The van der Waals surface area contributed by atoms with Crippen LogP contribution in [-0.2, 0) is 11.3 Å². The summed E-state index contributed by atoms with van der Waals surface area (Å²) in [4.78, 5) is 15.2. The van der Waals surface area contributed by atoms with E-state index in [1.54, 1.807) is 12.1 Å². The number of thioether (sulfide) groups is 1. The molecule has 8 heteroatoms. The quantitative estimate of drug-likeness (QED) is 0.369. The molecule has 0 atom stereocenters. The number of nitrogens with one attached hydrogen (secondary N) is 1. The van der Waals surface area contributed by atoms with Gasteiger partial charge in [0.15, 0.2) is 11.0 Å². The molecule has 1 saturated heterocycles. The van der Waals surface area contributed by atoms with E-state index in [9.17, 15) is 9.18 Å². The topological polar surface area (TPSA) is 63.1 Å². The molecule has 1 aliphatic rings. The summed E-state index contributed by atoms with van der Waals surface area (Å²) in [6.45, 7) is 2.74. The highest BCUT2D eigenvalue weighted by Crippen LogP contribution is 2.26. The Hall–Kier alpha value is -3.23.